The Labute approximate surface area is 144 Å². The second kappa shape index (κ2) is 10.2. The Morgan fingerprint density at radius 3 is 1.87 bits per heavy atom. The van der Waals surface area contributed by atoms with Gasteiger partial charge < -0.3 is 25.5 Å². The molecule has 0 unspecified atom stereocenters. The summed E-state index contributed by atoms with van der Waals surface area (Å²) in [5, 5.41) is 41.4. The Balaban J connectivity index is 0.000000354. The van der Waals surface area contributed by atoms with E-state index in [1.807, 2.05) is 0 Å². The van der Waals surface area contributed by atoms with Gasteiger partial charge >= 0.3 is 5.82 Å². The molecule has 0 saturated carbocycles. The van der Waals surface area contributed by atoms with Gasteiger partial charge in [0.05, 0.1) is 10.7 Å². The number of pyridine rings is 2. The van der Waals surface area contributed by atoms with E-state index in [1.165, 1.54) is 18.5 Å². The van der Waals surface area contributed by atoms with Crippen LogP contribution < -0.4 is 0 Å². The van der Waals surface area contributed by atoms with Gasteiger partial charge in [-0.05, 0) is 47.8 Å². The first-order valence-electron chi connectivity index (χ1n) is 5.25. The van der Waals surface area contributed by atoms with Crippen LogP contribution in [0.25, 0.3) is 0 Å². The third-order valence-electron chi connectivity index (χ3n) is 1.68. The van der Waals surface area contributed by atoms with Crippen molar-refractivity contribution in [2.75, 3.05) is 0 Å². The largest absolute Gasteiger partial charge is 0.506 e. The third kappa shape index (κ3) is 9.92. The maximum absolute atomic E-state index is 10.1. The van der Waals surface area contributed by atoms with Gasteiger partial charge in [-0.15, -0.1) is 10.1 Å². The number of nitrogens with zero attached hydrogens (tertiary/aromatic N) is 4. The summed E-state index contributed by atoms with van der Waals surface area (Å²) in [6, 6.07) is 2.79. The molecular formula is C10H8Br2N4O7. The molecule has 0 saturated heterocycles. The summed E-state index contributed by atoms with van der Waals surface area (Å²) in [6.45, 7) is 0. The topological polar surface area (TPSA) is 173 Å². The number of aromatic nitrogens is 2. The van der Waals surface area contributed by atoms with Crippen molar-refractivity contribution in [2.24, 2.45) is 0 Å². The molecule has 23 heavy (non-hydrogen) atoms. The Morgan fingerprint density at radius 2 is 1.52 bits per heavy atom. The van der Waals surface area contributed by atoms with E-state index in [1.54, 1.807) is 12.3 Å². The molecule has 0 aliphatic carbocycles. The molecule has 0 bridgehead atoms. The highest BCUT2D eigenvalue weighted by molar-refractivity contribution is 9.10. The van der Waals surface area contributed by atoms with Crippen LogP contribution in [-0.2, 0) is 0 Å². The molecule has 0 aliphatic heterocycles. The summed E-state index contributed by atoms with van der Waals surface area (Å²) in [4.78, 5) is 24.8. The molecule has 11 nitrogen and oxygen atoms in total. The van der Waals surface area contributed by atoms with E-state index < -0.39 is 21.6 Å². The van der Waals surface area contributed by atoms with E-state index >= 15 is 0 Å². The highest BCUT2D eigenvalue weighted by Crippen LogP contribution is 2.25. The predicted octanol–water partition coefficient (Wildman–Crippen LogP) is 2.66. The van der Waals surface area contributed by atoms with Crippen LogP contribution in [0.3, 0.4) is 0 Å². The van der Waals surface area contributed by atoms with Crippen LogP contribution in [0.1, 0.15) is 0 Å². The van der Waals surface area contributed by atoms with Crippen molar-refractivity contribution < 1.29 is 25.4 Å². The minimum absolute atomic E-state index is 0.180. The first-order chi connectivity index (χ1) is 10.6. The van der Waals surface area contributed by atoms with Gasteiger partial charge in [-0.1, -0.05) is 0 Å². The van der Waals surface area contributed by atoms with Gasteiger partial charge in [-0.25, -0.2) is 0 Å². The third-order valence-corrected chi connectivity index (χ3v) is 2.54. The first-order valence-corrected chi connectivity index (χ1v) is 6.83. The van der Waals surface area contributed by atoms with Crippen molar-refractivity contribution in [1.82, 2.24) is 9.97 Å². The summed E-state index contributed by atoms with van der Waals surface area (Å²) in [6.07, 6.45) is 4.24. The monoisotopic (exact) mass is 454 g/mol. The Morgan fingerprint density at radius 1 is 1.00 bits per heavy atom. The summed E-state index contributed by atoms with van der Waals surface area (Å²) in [7, 11) is 0. The quantitative estimate of drug-likeness (QED) is 0.431. The highest BCUT2D eigenvalue weighted by atomic mass is 79.9. The molecule has 0 aromatic carbocycles. The summed E-state index contributed by atoms with van der Waals surface area (Å²) in [5.41, 5.74) is 0. The van der Waals surface area contributed by atoms with E-state index in [4.69, 9.17) is 25.5 Å². The van der Waals surface area contributed by atoms with E-state index in [-0.39, 0.29) is 5.75 Å². The fourth-order valence-corrected chi connectivity index (χ4v) is 1.63. The van der Waals surface area contributed by atoms with Gasteiger partial charge in [0.2, 0.25) is 5.75 Å². The first kappa shape index (κ1) is 20.5. The zero-order valence-corrected chi connectivity index (χ0v) is 14.1. The SMILES string of the molecule is O=[N+]([O-])O.O=[N+]([O-])c1ncc(Br)cc1O.Oc1cncc(Br)c1. The molecule has 2 aromatic heterocycles. The van der Waals surface area contributed by atoms with Crippen molar-refractivity contribution in [3.63, 3.8) is 0 Å². The molecule has 124 valence electrons. The van der Waals surface area contributed by atoms with Crippen LogP contribution in [-0.4, -0.2) is 35.4 Å². The molecule has 0 radical (unpaired) electrons. The second-order valence-electron chi connectivity index (χ2n) is 3.35. The van der Waals surface area contributed by atoms with Crippen molar-refractivity contribution in [3.05, 3.63) is 59.9 Å². The molecule has 13 heteroatoms. The normalized spacial score (nSPS) is 8.78. The smallest absolute Gasteiger partial charge is 0.406 e. The number of rotatable bonds is 1. The molecule has 2 heterocycles. The molecule has 2 rings (SSSR count). The van der Waals surface area contributed by atoms with Gasteiger partial charge in [0.15, 0.2) is 6.20 Å². The maximum atomic E-state index is 10.1. The van der Waals surface area contributed by atoms with Gasteiger partial charge in [0.25, 0.3) is 5.09 Å². The number of nitro groups is 1. The fraction of sp³-hybridized carbons (Fsp3) is 0. The molecule has 3 N–H and O–H groups in total. The van der Waals surface area contributed by atoms with E-state index in [9.17, 15) is 10.1 Å². The minimum atomic E-state index is -1.50. The fourth-order valence-electron chi connectivity index (χ4n) is 0.963. The Bertz CT molecular complexity index is 665. The Kier molecular flexibility index (Phi) is 9.10. The van der Waals surface area contributed by atoms with Gasteiger partial charge in [-0.2, -0.15) is 0 Å². The van der Waals surface area contributed by atoms with Crippen LogP contribution >= 0.6 is 31.9 Å². The van der Waals surface area contributed by atoms with E-state index in [0.29, 0.717) is 4.47 Å². The van der Waals surface area contributed by atoms with Crippen LogP contribution in [0.5, 0.6) is 11.5 Å². The lowest BCUT2D eigenvalue weighted by Gasteiger charge is -1.93. The Hall–Kier alpha value is -2.54. The number of halogens is 2. The number of hydrogen-bond donors (Lipinski definition) is 3. The summed E-state index contributed by atoms with van der Waals surface area (Å²) < 4.78 is 1.29. The molecular weight excluding hydrogens is 448 g/mol. The van der Waals surface area contributed by atoms with Crippen LogP contribution in [0.15, 0.2) is 39.7 Å². The number of hydrogen-bond acceptors (Lipinski definition) is 8. The average molecular weight is 456 g/mol. The zero-order chi connectivity index (χ0) is 18.0. The van der Waals surface area contributed by atoms with Crippen molar-refractivity contribution in [1.29, 1.82) is 0 Å². The van der Waals surface area contributed by atoms with Crippen LogP contribution in [0.4, 0.5) is 5.82 Å². The van der Waals surface area contributed by atoms with Gasteiger partial charge in [-0.3, -0.25) is 4.98 Å². The lowest BCUT2D eigenvalue weighted by Crippen LogP contribution is -1.91. The van der Waals surface area contributed by atoms with Crippen LogP contribution in [0, 0.1) is 20.2 Å². The van der Waals surface area contributed by atoms with Crippen molar-refractivity contribution in [3.8, 4) is 11.5 Å². The zero-order valence-electron chi connectivity index (χ0n) is 10.9. The summed E-state index contributed by atoms with van der Waals surface area (Å²) >= 11 is 6.14. The molecule has 0 atom stereocenters. The average Bonchev–Trinajstić information content (AvgIpc) is 2.37. The maximum Gasteiger partial charge on any atom is 0.406 e. The van der Waals surface area contributed by atoms with E-state index in [2.05, 4.69) is 41.8 Å². The standard InChI is InChI=1S/C5H3BrN2O3.C5H4BrNO.HNO3/c6-3-1-4(9)5(7-2-3)8(10)11;6-4-1-5(8)3-7-2-4;2-1(3)4/h1-2,9H;1-3,8H;(H,2,3,4). The highest BCUT2D eigenvalue weighted by Gasteiger charge is 2.13. The minimum Gasteiger partial charge on any atom is -0.506 e. The lowest BCUT2D eigenvalue weighted by atomic mass is 10.4. The predicted molar refractivity (Wildman–Crippen MR) is 82.6 cm³/mol. The molecule has 0 aliphatic rings. The lowest BCUT2D eigenvalue weighted by molar-refractivity contribution is -0.742. The van der Waals surface area contributed by atoms with Crippen molar-refractivity contribution >= 4 is 37.7 Å². The number of aromatic hydroxyl groups is 2. The van der Waals surface area contributed by atoms with Gasteiger partial charge in [0, 0.05) is 16.7 Å². The van der Waals surface area contributed by atoms with Gasteiger partial charge in [0.1, 0.15) is 5.75 Å². The molecule has 2 aromatic rings. The van der Waals surface area contributed by atoms with Crippen LogP contribution in [0.2, 0.25) is 0 Å². The second-order valence-corrected chi connectivity index (χ2v) is 5.18. The molecule has 0 spiro atoms. The molecule has 0 amide bonds. The van der Waals surface area contributed by atoms with E-state index in [0.717, 1.165) is 4.47 Å². The van der Waals surface area contributed by atoms with Crippen molar-refractivity contribution in [2.45, 2.75) is 0 Å². The molecule has 0 fully saturated rings. The summed E-state index contributed by atoms with van der Waals surface area (Å²) in [5.74, 6) is -0.794.